The Morgan fingerprint density at radius 2 is 2.33 bits per heavy atom. The summed E-state index contributed by atoms with van der Waals surface area (Å²) in [5.74, 6) is 0. The van der Waals surface area contributed by atoms with Crippen molar-refractivity contribution >= 4 is 22.6 Å². The number of aromatic nitrogens is 1. The van der Waals surface area contributed by atoms with E-state index in [1.54, 1.807) is 18.5 Å². The van der Waals surface area contributed by atoms with Crippen molar-refractivity contribution in [1.82, 2.24) is 4.98 Å². The molecule has 0 bridgehead atoms. The standard InChI is InChI=1S/C11H7N3S/c12-7-9-4-6-15-11(9)14-8-10-3-1-2-5-13-10/h1-6,8H/b14-8+. The molecule has 2 aromatic heterocycles. The molecule has 0 atom stereocenters. The number of nitriles is 1. The minimum Gasteiger partial charge on any atom is -0.255 e. The number of hydrogen-bond acceptors (Lipinski definition) is 4. The van der Waals surface area contributed by atoms with Gasteiger partial charge in [0.1, 0.15) is 11.1 Å². The Bertz CT molecular complexity index is 508. The van der Waals surface area contributed by atoms with Crippen LogP contribution in [0.15, 0.2) is 40.8 Å². The summed E-state index contributed by atoms with van der Waals surface area (Å²) in [7, 11) is 0. The normalized spacial score (nSPS) is 10.3. The second-order valence-electron chi connectivity index (χ2n) is 2.76. The van der Waals surface area contributed by atoms with E-state index >= 15 is 0 Å². The summed E-state index contributed by atoms with van der Waals surface area (Å²) in [5.41, 5.74) is 1.39. The van der Waals surface area contributed by atoms with Gasteiger partial charge in [-0.15, -0.1) is 11.3 Å². The van der Waals surface area contributed by atoms with Crippen LogP contribution in [0.3, 0.4) is 0 Å². The molecule has 0 aliphatic heterocycles. The highest BCUT2D eigenvalue weighted by Gasteiger charge is 1.99. The second kappa shape index (κ2) is 4.49. The van der Waals surface area contributed by atoms with Gasteiger partial charge in [-0.25, -0.2) is 4.99 Å². The third kappa shape index (κ3) is 2.27. The second-order valence-corrected chi connectivity index (χ2v) is 3.66. The summed E-state index contributed by atoms with van der Waals surface area (Å²) >= 11 is 1.45. The van der Waals surface area contributed by atoms with Crippen molar-refractivity contribution in [1.29, 1.82) is 5.26 Å². The first kappa shape index (κ1) is 9.56. The van der Waals surface area contributed by atoms with Gasteiger partial charge in [0.05, 0.1) is 17.5 Å². The third-order valence-electron chi connectivity index (χ3n) is 1.77. The predicted molar refractivity (Wildman–Crippen MR) is 60.5 cm³/mol. The Morgan fingerprint density at radius 3 is 3.07 bits per heavy atom. The fourth-order valence-electron chi connectivity index (χ4n) is 1.06. The van der Waals surface area contributed by atoms with Gasteiger partial charge in [0.15, 0.2) is 0 Å². The van der Waals surface area contributed by atoms with Crippen molar-refractivity contribution in [2.75, 3.05) is 0 Å². The molecule has 0 spiro atoms. The van der Waals surface area contributed by atoms with Crippen molar-refractivity contribution in [2.24, 2.45) is 4.99 Å². The molecule has 0 saturated carbocycles. The minimum atomic E-state index is 0.604. The first-order chi connectivity index (χ1) is 7.40. The maximum absolute atomic E-state index is 8.77. The molecular weight excluding hydrogens is 206 g/mol. The highest BCUT2D eigenvalue weighted by Crippen LogP contribution is 2.25. The Balaban J connectivity index is 2.23. The minimum absolute atomic E-state index is 0.604. The van der Waals surface area contributed by atoms with Gasteiger partial charge in [-0.2, -0.15) is 5.26 Å². The van der Waals surface area contributed by atoms with Crippen LogP contribution in [-0.4, -0.2) is 11.2 Å². The Kier molecular flexibility index (Phi) is 2.86. The van der Waals surface area contributed by atoms with Gasteiger partial charge < -0.3 is 0 Å². The molecule has 0 aliphatic carbocycles. The fourth-order valence-corrected chi connectivity index (χ4v) is 1.75. The Morgan fingerprint density at radius 1 is 1.40 bits per heavy atom. The molecule has 2 aromatic rings. The SMILES string of the molecule is N#Cc1ccsc1/N=C/c1ccccn1. The van der Waals surface area contributed by atoms with Crippen LogP contribution in [0, 0.1) is 11.3 Å². The van der Waals surface area contributed by atoms with Gasteiger partial charge in [0.25, 0.3) is 0 Å². The highest BCUT2D eigenvalue weighted by molar-refractivity contribution is 7.14. The average Bonchev–Trinajstić information content (AvgIpc) is 2.75. The van der Waals surface area contributed by atoms with E-state index in [9.17, 15) is 0 Å². The van der Waals surface area contributed by atoms with E-state index in [0.717, 1.165) is 10.7 Å². The number of thiophene rings is 1. The molecule has 0 fully saturated rings. The summed E-state index contributed by atoms with van der Waals surface area (Å²) in [6, 6.07) is 9.46. The monoisotopic (exact) mass is 213 g/mol. The first-order valence-electron chi connectivity index (χ1n) is 4.33. The number of nitrogens with zero attached hydrogens (tertiary/aromatic N) is 3. The van der Waals surface area contributed by atoms with Crippen LogP contribution >= 0.6 is 11.3 Å². The molecule has 15 heavy (non-hydrogen) atoms. The predicted octanol–water partition coefficient (Wildman–Crippen LogP) is 2.77. The quantitative estimate of drug-likeness (QED) is 0.720. The number of pyridine rings is 1. The first-order valence-corrected chi connectivity index (χ1v) is 5.21. The fraction of sp³-hybridized carbons (Fsp3) is 0. The summed E-state index contributed by atoms with van der Waals surface area (Å²) in [6.07, 6.45) is 3.37. The van der Waals surface area contributed by atoms with E-state index in [0.29, 0.717) is 5.56 Å². The lowest BCUT2D eigenvalue weighted by Gasteiger charge is -1.89. The van der Waals surface area contributed by atoms with Crippen LogP contribution in [-0.2, 0) is 0 Å². The summed E-state index contributed by atoms with van der Waals surface area (Å²) < 4.78 is 0. The molecule has 0 aromatic carbocycles. The maximum atomic E-state index is 8.77. The van der Waals surface area contributed by atoms with Crippen LogP contribution in [0.5, 0.6) is 0 Å². The number of rotatable bonds is 2. The molecule has 0 saturated heterocycles. The Labute approximate surface area is 91.4 Å². The van der Waals surface area contributed by atoms with Crippen molar-refractivity contribution < 1.29 is 0 Å². The number of aliphatic imine (C=N–C) groups is 1. The number of hydrogen-bond donors (Lipinski definition) is 0. The van der Waals surface area contributed by atoms with Gasteiger partial charge in [-0.05, 0) is 23.6 Å². The van der Waals surface area contributed by atoms with Crippen molar-refractivity contribution in [3.63, 3.8) is 0 Å². The van der Waals surface area contributed by atoms with E-state index in [4.69, 9.17) is 5.26 Å². The third-order valence-corrected chi connectivity index (χ3v) is 2.59. The van der Waals surface area contributed by atoms with Gasteiger partial charge in [0, 0.05) is 6.20 Å². The molecule has 2 rings (SSSR count). The lowest BCUT2D eigenvalue weighted by atomic mass is 10.3. The molecule has 72 valence electrons. The molecule has 0 radical (unpaired) electrons. The summed E-state index contributed by atoms with van der Waals surface area (Å²) in [5, 5.41) is 11.3. The van der Waals surface area contributed by atoms with Crippen LogP contribution in [0.2, 0.25) is 0 Å². The Hall–Kier alpha value is -1.99. The van der Waals surface area contributed by atoms with E-state index in [2.05, 4.69) is 16.0 Å². The van der Waals surface area contributed by atoms with Crippen molar-refractivity contribution in [2.45, 2.75) is 0 Å². The zero-order valence-electron chi connectivity index (χ0n) is 7.79. The lowest BCUT2D eigenvalue weighted by Crippen LogP contribution is -1.83. The lowest BCUT2D eigenvalue weighted by molar-refractivity contribution is 1.30. The van der Waals surface area contributed by atoms with Gasteiger partial charge >= 0.3 is 0 Å². The van der Waals surface area contributed by atoms with Gasteiger partial charge in [-0.3, -0.25) is 4.98 Å². The summed E-state index contributed by atoms with van der Waals surface area (Å²) in [6.45, 7) is 0. The molecule has 4 heteroatoms. The van der Waals surface area contributed by atoms with Crippen LogP contribution in [0.25, 0.3) is 0 Å². The van der Waals surface area contributed by atoms with Crippen molar-refractivity contribution in [3.8, 4) is 6.07 Å². The van der Waals surface area contributed by atoms with Crippen LogP contribution < -0.4 is 0 Å². The van der Waals surface area contributed by atoms with Gasteiger partial charge in [0.2, 0.25) is 0 Å². The topological polar surface area (TPSA) is 49.0 Å². The zero-order valence-corrected chi connectivity index (χ0v) is 8.61. The average molecular weight is 213 g/mol. The zero-order chi connectivity index (χ0) is 10.5. The van der Waals surface area contributed by atoms with E-state index in [-0.39, 0.29) is 0 Å². The summed E-state index contributed by atoms with van der Waals surface area (Å²) in [4.78, 5) is 8.32. The smallest absolute Gasteiger partial charge is 0.133 e. The molecule has 0 unspecified atom stereocenters. The molecule has 0 N–H and O–H groups in total. The largest absolute Gasteiger partial charge is 0.255 e. The highest BCUT2D eigenvalue weighted by atomic mass is 32.1. The van der Waals surface area contributed by atoms with Crippen LogP contribution in [0.4, 0.5) is 5.00 Å². The molecule has 0 amide bonds. The maximum Gasteiger partial charge on any atom is 0.133 e. The van der Waals surface area contributed by atoms with E-state index < -0.39 is 0 Å². The molecule has 3 nitrogen and oxygen atoms in total. The molecular formula is C11H7N3S. The van der Waals surface area contributed by atoms with Gasteiger partial charge in [-0.1, -0.05) is 6.07 Å². The molecule has 0 aliphatic rings. The van der Waals surface area contributed by atoms with Crippen LogP contribution in [0.1, 0.15) is 11.3 Å². The van der Waals surface area contributed by atoms with E-state index in [1.807, 2.05) is 23.6 Å². The van der Waals surface area contributed by atoms with E-state index in [1.165, 1.54) is 11.3 Å². The van der Waals surface area contributed by atoms with Crippen molar-refractivity contribution in [3.05, 3.63) is 47.1 Å². The molecule has 2 heterocycles.